The van der Waals surface area contributed by atoms with Crippen LogP contribution >= 0.6 is 0 Å². The summed E-state index contributed by atoms with van der Waals surface area (Å²) in [6.07, 6.45) is -8.20. The summed E-state index contributed by atoms with van der Waals surface area (Å²) in [5.74, 6) is -3.16. The molecule has 0 radical (unpaired) electrons. The number of carbonyl (C=O) groups excluding carboxylic acids is 1. The number of aliphatic carboxylic acids is 1. The zero-order chi connectivity index (χ0) is 26.9. The van der Waals surface area contributed by atoms with E-state index in [1.54, 1.807) is 0 Å². The zero-order valence-corrected chi connectivity index (χ0v) is 18.9. The number of phenolic OH excluding ortho intramolecular Hbond substituents is 2. The van der Waals surface area contributed by atoms with Gasteiger partial charge in [-0.1, -0.05) is 12.1 Å². The maximum Gasteiger partial charge on any atom is 0.317 e. The van der Waals surface area contributed by atoms with Crippen LogP contribution in [0.25, 0.3) is 22.1 Å². The van der Waals surface area contributed by atoms with Gasteiger partial charge >= 0.3 is 11.9 Å². The van der Waals surface area contributed by atoms with Gasteiger partial charge in [0, 0.05) is 0 Å². The van der Waals surface area contributed by atoms with Gasteiger partial charge in [0.1, 0.15) is 60.6 Å². The van der Waals surface area contributed by atoms with E-state index in [9.17, 15) is 39.9 Å². The highest BCUT2D eigenvalue weighted by molar-refractivity contribution is 5.91. The molecule has 0 saturated carbocycles. The SMILES string of the molecule is O=C(O)CC(=O)OC[C@H]1O[C@@H](Oc2ccc(O)c3c(=O)c(-c4ccc(O)cc4)coc23)[C@H](O)[C@@H](O)[C@@H]1O. The predicted octanol–water partition coefficient (Wildman–Crippen LogP) is 0.0755. The van der Waals surface area contributed by atoms with E-state index in [-0.39, 0.29) is 28.0 Å². The molecule has 5 atom stereocenters. The quantitative estimate of drug-likeness (QED) is 0.181. The molecule has 0 unspecified atom stereocenters. The van der Waals surface area contributed by atoms with E-state index in [1.807, 2.05) is 0 Å². The first kappa shape index (κ1) is 25.9. The minimum Gasteiger partial charge on any atom is -0.508 e. The summed E-state index contributed by atoms with van der Waals surface area (Å²) in [5.41, 5.74) is -0.356. The molecule has 2 aromatic carbocycles. The third-order valence-electron chi connectivity index (χ3n) is 5.66. The lowest BCUT2D eigenvalue weighted by Gasteiger charge is -2.39. The zero-order valence-electron chi connectivity index (χ0n) is 18.9. The molecule has 1 fully saturated rings. The van der Waals surface area contributed by atoms with Crippen LogP contribution in [0.2, 0.25) is 0 Å². The monoisotopic (exact) mass is 518 g/mol. The van der Waals surface area contributed by atoms with Gasteiger partial charge in [-0.3, -0.25) is 14.4 Å². The summed E-state index contributed by atoms with van der Waals surface area (Å²) in [7, 11) is 0. The van der Waals surface area contributed by atoms with Crippen molar-refractivity contribution in [3.8, 4) is 28.4 Å². The molecule has 1 aliphatic rings. The Balaban J connectivity index is 1.61. The van der Waals surface area contributed by atoms with Crippen LogP contribution in [0.3, 0.4) is 0 Å². The number of aliphatic hydroxyl groups excluding tert-OH is 3. The van der Waals surface area contributed by atoms with Crippen LogP contribution in [0.4, 0.5) is 0 Å². The molecule has 6 N–H and O–H groups in total. The number of aliphatic hydroxyl groups is 3. The molecule has 2 heterocycles. The molecule has 0 aliphatic carbocycles. The largest absolute Gasteiger partial charge is 0.508 e. The van der Waals surface area contributed by atoms with Gasteiger partial charge in [-0.15, -0.1) is 0 Å². The fourth-order valence-electron chi connectivity index (χ4n) is 3.75. The van der Waals surface area contributed by atoms with Crippen LogP contribution in [0.1, 0.15) is 6.42 Å². The average molecular weight is 518 g/mol. The van der Waals surface area contributed by atoms with E-state index in [0.29, 0.717) is 5.56 Å². The number of hydrogen-bond donors (Lipinski definition) is 6. The van der Waals surface area contributed by atoms with Crippen molar-refractivity contribution >= 4 is 22.9 Å². The highest BCUT2D eigenvalue weighted by atomic mass is 16.7. The Morgan fingerprint density at radius 1 is 0.946 bits per heavy atom. The topological polar surface area (TPSA) is 213 Å². The van der Waals surface area contributed by atoms with Crippen molar-refractivity contribution in [3.63, 3.8) is 0 Å². The molecule has 13 heteroatoms. The maximum atomic E-state index is 13.1. The van der Waals surface area contributed by atoms with Crippen molar-refractivity contribution in [3.05, 3.63) is 52.9 Å². The third kappa shape index (κ3) is 5.34. The summed E-state index contributed by atoms with van der Waals surface area (Å²) in [6.45, 7) is -0.654. The van der Waals surface area contributed by atoms with E-state index in [0.717, 1.165) is 12.3 Å². The van der Waals surface area contributed by atoms with Crippen molar-refractivity contribution in [1.29, 1.82) is 0 Å². The maximum absolute atomic E-state index is 13.1. The van der Waals surface area contributed by atoms with Crippen molar-refractivity contribution < 1.29 is 58.9 Å². The number of esters is 1. The number of phenols is 2. The summed E-state index contributed by atoms with van der Waals surface area (Å²) >= 11 is 0. The van der Waals surface area contributed by atoms with Crippen molar-refractivity contribution in [2.45, 2.75) is 37.1 Å². The first-order valence-electron chi connectivity index (χ1n) is 10.9. The highest BCUT2D eigenvalue weighted by Crippen LogP contribution is 2.34. The molecule has 37 heavy (non-hydrogen) atoms. The van der Waals surface area contributed by atoms with Crippen LogP contribution in [0, 0.1) is 0 Å². The Bertz CT molecular complexity index is 1360. The standard InChI is InChI=1S/C24H22O13/c25-11-3-1-10(2-4-11)12-8-35-23-14(6-5-13(26)18(23)19(12)30)36-24-22(33)21(32)20(31)15(37-24)9-34-17(29)7-16(27)28/h1-6,8,15,20-22,24-26,31-33H,7,9H2,(H,27,28)/t15-,20-,21+,22-,24-/m1/s1. The highest BCUT2D eigenvalue weighted by Gasteiger charge is 2.45. The molecule has 4 rings (SSSR count). The Labute approximate surface area is 207 Å². The van der Waals surface area contributed by atoms with Gasteiger partial charge in [0.05, 0.1) is 5.56 Å². The van der Waals surface area contributed by atoms with Crippen molar-refractivity contribution in [2.24, 2.45) is 0 Å². The van der Waals surface area contributed by atoms with Crippen LogP contribution < -0.4 is 10.2 Å². The van der Waals surface area contributed by atoms with Gasteiger partial charge in [0.15, 0.2) is 11.3 Å². The fraction of sp³-hybridized carbons (Fsp3) is 0.292. The fourth-order valence-corrected chi connectivity index (χ4v) is 3.75. The van der Waals surface area contributed by atoms with Gasteiger partial charge < -0.3 is 49.3 Å². The number of ether oxygens (including phenoxy) is 3. The lowest BCUT2D eigenvalue weighted by Crippen LogP contribution is -2.60. The molecule has 0 bridgehead atoms. The van der Waals surface area contributed by atoms with Gasteiger partial charge in [-0.2, -0.15) is 0 Å². The van der Waals surface area contributed by atoms with E-state index in [1.165, 1.54) is 30.3 Å². The predicted molar refractivity (Wildman–Crippen MR) is 122 cm³/mol. The van der Waals surface area contributed by atoms with Crippen molar-refractivity contribution in [2.75, 3.05) is 6.61 Å². The molecule has 1 saturated heterocycles. The average Bonchev–Trinajstić information content (AvgIpc) is 2.85. The lowest BCUT2D eigenvalue weighted by atomic mass is 9.99. The number of hydrogen-bond acceptors (Lipinski definition) is 12. The van der Waals surface area contributed by atoms with Gasteiger partial charge in [0.2, 0.25) is 11.7 Å². The summed E-state index contributed by atoms with van der Waals surface area (Å²) in [4.78, 5) is 35.3. The molecule has 3 aromatic rings. The number of fused-ring (bicyclic) bond motifs is 1. The van der Waals surface area contributed by atoms with E-state index in [2.05, 4.69) is 0 Å². The summed E-state index contributed by atoms with van der Waals surface area (Å²) in [5, 5.41) is 59.0. The number of carbonyl (C=O) groups is 2. The van der Waals surface area contributed by atoms with Crippen molar-refractivity contribution in [1.82, 2.24) is 0 Å². The first-order valence-corrected chi connectivity index (χ1v) is 10.9. The van der Waals surface area contributed by atoms with Gasteiger partial charge in [-0.25, -0.2) is 0 Å². The molecule has 1 aliphatic heterocycles. The molecule has 0 spiro atoms. The summed E-state index contributed by atoms with van der Waals surface area (Å²) < 4.78 is 21.4. The number of aromatic hydroxyl groups is 2. The number of rotatable bonds is 7. The molecular weight excluding hydrogens is 496 g/mol. The Morgan fingerprint density at radius 2 is 1.65 bits per heavy atom. The minimum absolute atomic E-state index is 0.0132. The second-order valence-electron chi connectivity index (χ2n) is 8.20. The van der Waals surface area contributed by atoms with E-state index < -0.39 is 66.9 Å². The first-order chi connectivity index (χ1) is 17.6. The number of carboxylic acids is 1. The van der Waals surface area contributed by atoms with E-state index >= 15 is 0 Å². The molecule has 0 amide bonds. The molecule has 1 aromatic heterocycles. The minimum atomic E-state index is -1.81. The third-order valence-corrected chi connectivity index (χ3v) is 5.66. The van der Waals surface area contributed by atoms with Crippen LogP contribution in [-0.4, -0.2) is 79.9 Å². The second kappa shape index (κ2) is 10.4. The molecule has 196 valence electrons. The number of carboxylic acid groups (broad SMARTS) is 1. The Morgan fingerprint density at radius 3 is 2.32 bits per heavy atom. The molecule has 13 nitrogen and oxygen atoms in total. The smallest absolute Gasteiger partial charge is 0.317 e. The summed E-state index contributed by atoms with van der Waals surface area (Å²) in [6, 6.07) is 8.06. The van der Waals surface area contributed by atoms with Crippen LogP contribution in [0.5, 0.6) is 17.2 Å². The lowest BCUT2D eigenvalue weighted by molar-refractivity contribution is -0.278. The van der Waals surface area contributed by atoms with Crippen LogP contribution in [-0.2, 0) is 19.1 Å². The Kier molecular flexibility index (Phi) is 7.31. The van der Waals surface area contributed by atoms with E-state index in [4.69, 9.17) is 23.7 Å². The normalized spacial score (nSPS) is 23.5. The van der Waals surface area contributed by atoms with Crippen LogP contribution in [0.15, 0.2) is 51.9 Å². The Hall–Kier alpha value is -4.17. The van der Waals surface area contributed by atoms with Gasteiger partial charge in [0.25, 0.3) is 0 Å². The van der Waals surface area contributed by atoms with Gasteiger partial charge in [-0.05, 0) is 29.8 Å². The second-order valence-corrected chi connectivity index (χ2v) is 8.20. The molecular formula is C24H22O13. The number of benzene rings is 2.